The maximum Gasteiger partial charge on any atom is 0.233 e. The van der Waals surface area contributed by atoms with Crippen molar-refractivity contribution in [3.63, 3.8) is 0 Å². The zero-order valence-electron chi connectivity index (χ0n) is 17.7. The SMILES string of the molecule is CN(Cc1ccc(-c2ccc(Cl)cc2)o1)C(=O)CSc1nnc(C2CC2)n1CCC(N)=O. The van der Waals surface area contributed by atoms with Gasteiger partial charge in [-0.2, -0.15) is 0 Å². The van der Waals surface area contributed by atoms with Crippen molar-refractivity contribution in [2.75, 3.05) is 12.8 Å². The Kier molecular flexibility index (Phi) is 6.86. The van der Waals surface area contributed by atoms with Crippen molar-refractivity contribution in [3.8, 4) is 11.3 Å². The Hall–Kier alpha value is -2.78. The first-order chi connectivity index (χ1) is 15.4. The third kappa shape index (κ3) is 5.52. The van der Waals surface area contributed by atoms with E-state index in [4.69, 9.17) is 21.8 Å². The van der Waals surface area contributed by atoms with E-state index in [0.29, 0.717) is 34.9 Å². The fourth-order valence-electron chi connectivity index (χ4n) is 3.27. The lowest BCUT2D eigenvalue weighted by Gasteiger charge is -2.15. The number of nitrogens with zero attached hydrogens (tertiary/aromatic N) is 4. The van der Waals surface area contributed by atoms with Crippen molar-refractivity contribution < 1.29 is 14.0 Å². The largest absolute Gasteiger partial charge is 0.459 e. The standard InChI is InChI=1S/C22H24ClN5O3S/c1-27(12-17-8-9-18(31-17)14-4-6-16(23)7-5-14)20(30)13-32-22-26-25-21(15-2-3-15)28(22)11-10-19(24)29/h4-9,15H,2-3,10-13H2,1H3,(H2,24,29). The van der Waals surface area contributed by atoms with Gasteiger partial charge in [0.1, 0.15) is 17.3 Å². The number of halogens is 1. The molecule has 2 amide bonds. The van der Waals surface area contributed by atoms with E-state index in [0.717, 1.165) is 30.0 Å². The summed E-state index contributed by atoms with van der Waals surface area (Å²) in [5.41, 5.74) is 6.23. The Morgan fingerprint density at radius 1 is 1.22 bits per heavy atom. The van der Waals surface area contributed by atoms with Crippen molar-refractivity contribution in [1.82, 2.24) is 19.7 Å². The fourth-order valence-corrected chi connectivity index (χ4v) is 4.31. The summed E-state index contributed by atoms with van der Waals surface area (Å²) in [6.07, 6.45) is 2.36. The molecule has 1 saturated carbocycles. The van der Waals surface area contributed by atoms with Gasteiger partial charge in [-0.3, -0.25) is 9.59 Å². The number of primary amides is 1. The van der Waals surface area contributed by atoms with E-state index in [1.54, 1.807) is 11.9 Å². The van der Waals surface area contributed by atoms with Crippen LogP contribution in [0.4, 0.5) is 0 Å². The molecule has 0 atom stereocenters. The average molecular weight is 474 g/mol. The number of amides is 2. The molecule has 0 saturated heterocycles. The van der Waals surface area contributed by atoms with Crippen LogP contribution >= 0.6 is 23.4 Å². The molecule has 0 aliphatic heterocycles. The van der Waals surface area contributed by atoms with E-state index in [1.165, 1.54) is 11.8 Å². The topological polar surface area (TPSA) is 107 Å². The molecular weight excluding hydrogens is 450 g/mol. The maximum absolute atomic E-state index is 12.7. The molecule has 1 aliphatic carbocycles. The van der Waals surface area contributed by atoms with Crippen LogP contribution in [0.3, 0.4) is 0 Å². The molecule has 4 rings (SSSR count). The van der Waals surface area contributed by atoms with Gasteiger partial charge >= 0.3 is 0 Å². The minimum absolute atomic E-state index is 0.0585. The number of furan rings is 1. The summed E-state index contributed by atoms with van der Waals surface area (Å²) >= 11 is 7.25. The molecule has 2 aromatic heterocycles. The lowest BCUT2D eigenvalue weighted by atomic mass is 10.2. The monoisotopic (exact) mass is 473 g/mol. The summed E-state index contributed by atoms with van der Waals surface area (Å²) in [6.45, 7) is 0.787. The fraction of sp³-hybridized carbons (Fsp3) is 0.364. The van der Waals surface area contributed by atoms with Gasteiger partial charge in [-0.1, -0.05) is 23.4 Å². The molecule has 2 N–H and O–H groups in total. The first-order valence-corrected chi connectivity index (χ1v) is 11.7. The highest BCUT2D eigenvalue weighted by Gasteiger charge is 2.30. The zero-order chi connectivity index (χ0) is 22.7. The van der Waals surface area contributed by atoms with Crippen molar-refractivity contribution in [3.05, 3.63) is 53.0 Å². The third-order valence-electron chi connectivity index (χ3n) is 5.20. The minimum Gasteiger partial charge on any atom is -0.459 e. The summed E-state index contributed by atoms with van der Waals surface area (Å²) in [6, 6.07) is 11.1. The van der Waals surface area contributed by atoms with Crippen molar-refractivity contribution in [2.24, 2.45) is 5.73 Å². The second-order valence-electron chi connectivity index (χ2n) is 7.79. The quantitative estimate of drug-likeness (QED) is 0.450. The molecular formula is C22H24ClN5O3S. The van der Waals surface area contributed by atoms with Crippen LogP contribution in [0.25, 0.3) is 11.3 Å². The molecule has 10 heteroatoms. The predicted molar refractivity (Wildman–Crippen MR) is 122 cm³/mol. The summed E-state index contributed by atoms with van der Waals surface area (Å²) in [4.78, 5) is 25.5. The lowest BCUT2D eigenvalue weighted by Crippen LogP contribution is -2.27. The number of hydrogen-bond acceptors (Lipinski definition) is 6. The molecule has 1 aromatic carbocycles. The number of carbonyl (C=O) groups excluding carboxylic acids is 2. The van der Waals surface area contributed by atoms with Gasteiger partial charge in [0.15, 0.2) is 5.16 Å². The van der Waals surface area contributed by atoms with Crippen LogP contribution in [0, 0.1) is 0 Å². The number of benzene rings is 1. The van der Waals surface area contributed by atoms with Crippen LogP contribution in [0.2, 0.25) is 5.02 Å². The number of carbonyl (C=O) groups is 2. The molecule has 8 nitrogen and oxygen atoms in total. The lowest BCUT2D eigenvalue weighted by molar-refractivity contribution is -0.127. The van der Waals surface area contributed by atoms with Gasteiger partial charge in [0, 0.05) is 36.5 Å². The Morgan fingerprint density at radius 2 is 1.97 bits per heavy atom. The van der Waals surface area contributed by atoms with Gasteiger partial charge in [-0.05, 0) is 49.2 Å². The Morgan fingerprint density at radius 3 is 2.66 bits per heavy atom. The Labute approximate surface area is 195 Å². The van der Waals surface area contributed by atoms with Gasteiger partial charge in [0.2, 0.25) is 11.8 Å². The van der Waals surface area contributed by atoms with Crippen LogP contribution < -0.4 is 5.73 Å². The van der Waals surface area contributed by atoms with E-state index in [2.05, 4.69) is 10.2 Å². The van der Waals surface area contributed by atoms with Gasteiger partial charge in [0.05, 0.1) is 12.3 Å². The molecule has 2 heterocycles. The normalized spacial score (nSPS) is 13.3. The van der Waals surface area contributed by atoms with Crippen LogP contribution in [0.15, 0.2) is 46.0 Å². The highest BCUT2D eigenvalue weighted by atomic mass is 35.5. The van der Waals surface area contributed by atoms with Gasteiger partial charge in [0.25, 0.3) is 0 Å². The number of aromatic nitrogens is 3. The third-order valence-corrected chi connectivity index (χ3v) is 6.41. The van der Waals surface area contributed by atoms with E-state index in [9.17, 15) is 9.59 Å². The predicted octanol–water partition coefficient (Wildman–Crippen LogP) is 3.70. The first-order valence-electron chi connectivity index (χ1n) is 10.3. The van der Waals surface area contributed by atoms with E-state index in [1.807, 2.05) is 41.0 Å². The molecule has 1 aliphatic rings. The maximum atomic E-state index is 12.7. The molecule has 1 fully saturated rings. The molecule has 32 heavy (non-hydrogen) atoms. The van der Waals surface area contributed by atoms with Crippen LogP contribution in [0.5, 0.6) is 0 Å². The molecule has 0 spiro atoms. The Bertz CT molecular complexity index is 1110. The number of nitrogens with two attached hydrogens (primary N) is 1. The molecule has 0 unspecified atom stereocenters. The molecule has 0 radical (unpaired) electrons. The Balaban J connectivity index is 1.34. The number of thioether (sulfide) groups is 1. The van der Waals surface area contributed by atoms with Gasteiger partial charge in [-0.25, -0.2) is 0 Å². The number of hydrogen-bond donors (Lipinski definition) is 1. The smallest absolute Gasteiger partial charge is 0.233 e. The van der Waals surface area contributed by atoms with Gasteiger partial charge < -0.3 is 19.6 Å². The van der Waals surface area contributed by atoms with Gasteiger partial charge in [-0.15, -0.1) is 10.2 Å². The van der Waals surface area contributed by atoms with Crippen LogP contribution in [-0.4, -0.2) is 44.3 Å². The summed E-state index contributed by atoms with van der Waals surface area (Å²) < 4.78 is 7.81. The number of rotatable bonds is 10. The van der Waals surface area contributed by atoms with Crippen LogP contribution in [-0.2, 0) is 22.7 Å². The van der Waals surface area contributed by atoms with Crippen molar-refractivity contribution in [2.45, 2.75) is 43.4 Å². The second kappa shape index (κ2) is 9.79. The molecule has 168 valence electrons. The molecule has 3 aromatic rings. The highest BCUT2D eigenvalue weighted by molar-refractivity contribution is 7.99. The van der Waals surface area contributed by atoms with E-state index < -0.39 is 0 Å². The minimum atomic E-state index is -0.372. The van der Waals surface area contributed by atoms with Crippen molar-refractivity contribution in [1.29, 1.82) is 0 Å². The summed E-state index contributed by atoms with van der Waals surface area (Å²) in [7, 11) is 1.74. The highest BCUT2D eigenvalue weighted by Crippen LogP contribution is 2.40. The second-order valence-corrected chi connectivity index (χ2v) is 9.17. The first kappa shape index (κ1) is 22.4. The average Bonchev–Trinajstić information content (AvgIpc) is 3.37. The summed E-state index contributed by atoms with van der Waals surface area (Å²) in [5, 5.41) is 9.82. The van der Waals surface area contributed by atoms with E-state index >= 15 is 0 Å². The van der Waals surface area contributed by atoms with Crippen molar-refractivity contribution >= 4 is 35.2 Å². The summed E-state index contributed by atoms with van der Waals surface area (Å²) in [5.74, 6) is 2.46. The van der Waals surface area contributed by atoms with Crippen LogP contribution in [0.1, 0.15) is 36.8 Å². The van der Waals surface area contributed by atoms with E-state index in [-0.39, 0.29) is 24.0 Å². The molecule has 0 bridgehead atoms. The zero-order valence-corrected chi connectivity index (χ0v) is 19.2.